The molecular formula is C18H23ClN3O2S+. The Morgan fingerprint density at radius 1 is 1.36 bits per heavy atom. The van der Waals surface area contributed by atoms with E-state index >= 15 is 0 Å². The van der Waals surface area contributed by atoms with E-state index in [4.69, 9.17) is 34.3 Å². The number of hydrogen-bond acceptors (Lipinski definition) is 3. The second kappa shape index (κ2) is 7.99. The van der Waals surface area contributed by atoms with Crippen LogP contribution in [0.4, 0.5) is 0 Å². The van der Waals surface area contributed by atoms with Gasteiger partial charge in [-0.05, 0) is 43.7 Å². The summed E-state index contributed by atoms with van der Waals surface area (Å²) in [6, 6.07) is 7.50. The van der Waals surface area contributed by atoms with Gasteiger partial charge < -0.3 is 15.4 Å². The SMILES string of the molecule is COc1ccc(Cl)cc1C[NH+](C)Cn1c(C)cc(C)c(C(N)=O)c1=S. The van der Waals surface area contributed by atoms with E-state index in [0.29, 0.717) is 28.4 Å². The normalized spacial score (nSPS) is 12.0. The summed E-state index contributed by atoms with van der Waals surface area (Å²) < 4.78 is 7.82. The lowest BCUT2D eigenvalue weighted by Crippen LogP contribution is -3.07. The monoisotopic (exact) mass is 380 g/mol. The number of primary amides is 1. The van der Waals surface area contributed by atoms with Crippen LogP contribution in [0.5, 0.6) is 5.75 Å². The largest absolute Gasteiger partial charge is 0.496 e. The van der Waals surface area contributed by atoms with E-state index in [1.54, 1.807) is 13.2 Å². The average Bonchev–Trinajstić information content (AvgIpc) is 2.51. The molecule has 1 aromatic heterocycles. The van der Waals surface area contributed by atoms with Crippen molar-refractivity contribution in [1.29, 1.82) is 0 Å². The van der Waals surface area contributed by atoms with Gasteiger partial charge in [-0.1, -0.05) is 23.8 Å². The maximum Gasteiger partial charge on any atom is 0.251 e. The van der Waals surface area contributed by atoms with Crippen LogP contribution >= 0.6 is 23.8 Å². The molecule has 0 saturated carbocycles. The number of aromatic nitrogens is 1. The predicted octanol–water partition coefficient (Wildman–Crippen LogP) is 2.27. The quantitative estimate of drug-likeness (QED) is 0.756. The van der Waals surface area contributed by atoms with Crippen molar-refractivity contribution in [1.82, 2.24) is 4.57 Å². The van der Waals surface area contributed by atoms with Gasteiger partial charge >= 0.3 is 0 Å². The molecule has 25 heavy (non-hydrogen) atoms. The topological polar surface area (TPSA) is 61.7 Å². The number of carbonyl (C=O) groups is 1. The maximum absolute atomic E-state index is 11.7. The van der Waals surface area contributed by atoms with Crippen LogP contribution in [0.25, 0.3) is 0 Å². The number of nitrogens with two attached hydrogens (primary N) is 1. The Hall–Kier alpha value is -1.89. The highest BCUT2D eigenvalue weighted by molar-refractivity contribution is 7.71. The van der Waals surface area contributed by atoms with E-state index in [9.17, 15) is 4.79 Å². The first-order valence-corrected chi connectivity index (χ1v) is 8.67. The summed E-state index contributed by atoms with van der Waals surface area (Å²) in [5, 5.41) is 0.669. The van der Waals surface area contributed by atoms with Gasteiger partial charge in [0, 0.05) is 16.3 Å². The number of amides is 1. The Balaban J connectivity index is 2.31. The summed E-state index contributed by atoms with van der Waals surface area (Å²) >= 11 is 11.6. The molecule has 0 aliphatic heterocycles. The van der Waals surface area contributed by atoms with Gasteiger partial charge in [0.15, 0.2) is 6.67 Å². The molecule has 2 rings (SSSR count). The van der Waals surface area contributed by atoms with Crippen molar-refractivity contribution < 1.29 is 14.4 Å². The fraction of sp³-hybridized carbons (Fsp3) is 0.333. The van der Waals surface area contributed by atoms with E-state index in [2.05, 4.69) is 0 Å². The molecule has 2 aromatic rings. The van der Waals surface area contributed by atoms with E-state index in [-0.39, 0.29) is 0 Å². The van der Waals surface area contributed by atoms with Gasteiger partial charge in [-0.2, -0.15) is 0 Å². The minimum absolute atomic E-state index is 0.411. The average molecular weight is 381 g/mol. The molecule has 0 saturated heterocycles. The number of pyridine rings is 1. The van der Waals surface area contributed by atoms with Crippen molar-refractivity contribution in [3.05, 3.63) is 56.3 Å². The number of rotatable bonds is 6. The molecule has 7 heteroatoms. The number of carbonyl (C=O) groups excluding carboxylic acids is 1. The van der Waals surface area contributed by atoms with Crippen molar-refractivity contribution in [2.24, 2.45) is 5.73 Å². The second-order valence-electron chi connectivity index (χ2n) is 6.19. The molecule has 3 N–H and O–H groups in total. The number of quaternary nitrogens is 1. The van der Waals surface area contributed by atoms with Crippen molar-refractivity contribution >= 4 is 29.7 Å². The Morgan fingerprint density at radius 2 is 2.04 bits per heavy atom. The number of benzene rings is 1. The smallest absolute Gasteiger partial charge is 0.251 e. The van der Waals surface area contributed by atoms with Gasteiger partial charge in [-0.25, -0.2) is 0 Å². The highest BCUT2D eigenvalue weighted by Gasteiger charge is 2.16. The van der Waals surface area contributed by atoms with Crippen LogP contribution in [0.15, 0.2) is 24.3 Å². The van der Waals surface area contributed by atoms with Gasteiger partial charge in [-0.15, -0.1) is 0 Å². The minimum Gasteiger partial charge on any atom is -0.496 e. The maximum atomic E-state index is 11.7. The summed E-state index contributed by atoms with van der Waals surface area (Å²) in [6.45, 7) is 5.12. The summed E-state index contributed by atoms with van der Waals surface area (Å²) in [4.78, 5) is 12.9. The second-order valence-corrected chi connectivity index (χ2v) is 7.01. The molecular weight excluding hydrogens is 358 g/mol. The molecule has 1 unspecified atom stereocenters. The van der Waals surface area contributed by atoms with Gasteiger partial charge in [0.25, 0.3) is 5.91 Å². The number of halogens is 1. The van der Waals surface area contributed by atoms with Crippen molar-refractivity contribution in [2.75, 3.05) is 14.2 Å². The fourth-order valence-electron chi connectivity index (χ4n) is 2.96. The van der Waals surface area contributed by atoms with Crippen LogP contribution < -0.4 is 15.4 Å². The molecule has 1 atom stereocenters. The van der Waals surface area contributed by atoms with Crippen LogP contribution in [0.2, 0.25) is 5.02 Å². The van der Waals surface area contributed by atoms with Crippen molar-refractivity contribution in [3.8, 4) is 5.75 Å². The summed E-state index contributed by atoms with van der Waals surface area (Å²) in [5.74, 6) is 0.302. The molecule has 1 heterocycles. The van der Waals surface area contributed by atoms with Crippen LogP contribution in [-0.2, 0) is 13.2 Å². The van der Waals surface area contributed by atoms with Gasteiger partial charge in [0.05, 0.1) is 19.7 Å². The van der Waals surface area contributed by atoms with E-state index in [1.165, 1.54) is 4.90 Å². The Kier molecular flexibility index (Phi) is 6.21. The molecule has 0 bridgehead atoms. The molecule has 5 nitrogen and oxygen atoms in total. The van der Waals surface area contributed by atoms with Crippen LogP contribution in [-0.4, -0.2) is 24.6 Å². The zero-order valence-electron chi connectivity index (χ0n) is 14.9. The zero-order valence-corrected chi connectivity index (χ0v) is 16.4. The number of ether oxygens (including phenoxy) is 1. The standard InChI is InChI=1S/C18H22ClN3O2S/c1-11-7-12(2)22(18(25)16(11)17(20)23)10-21(3)9-13-8-14(19)5-6-15(13)24-4/h5-8H,9-10H2,1-4H3,(H2,20,23)/p+1. The number of hydrogen-bond donors (Lipinski definition) is 2. The number of aryl methyl sites for hydroxylation is 2. The lowest BCUT2D eigenvalue weighted by molar-refractivity contribution is -0.917. The lowest BCUT2D eigenvalue weighted by Gasteiger charge is -2.20. The van der Waals surface area contributed by atoms with Gasteiger partial charge in [0.1, 0.15) is 16.9 Å². The summed E-state index contributed by atoms with van der Waals surface area (Å²) in [7, 11) is 3.69. The van der Waals surface area contributed by atoms with Crippen LogP contribution in [0, 0.1) is 18.5 Å². The molecule has 0 aliphatic carbocycles. The number of nitrogens with one attached hydrogen (secondary N) is 1. The Labute approximate surface area is 158 Å². The van der Waals surface area contributed by atoms with E-state index in [1.807, 2.05) is 43.7 Å². The first-order valence-electron chi connectivity index (χ1n) is 7.89. The third-order valence-electron chi connectivity index (χ3n) is 4.11. The predicted molar refractivity (Wildman–Crippen MR) is 102 cm³/mol. The lowest BCUT2D eigenvalue weighted by atomic mass is 10.1. The molecule has 134 valence electrons. The molecule has 1 amide bonds. The Morgan fingerprint density at radius 3 is 2.64 bits per heavy atom. The van der Waals surface area contributed by atoms with E-state index < -0.39 is 5.91 Å². The van der Waals surface area contributed by atoms with Crippen molar-refractivity contribution in [2.45, 2.75) is 27.1 Å². The molecule has 1 aromatic carbocycles. The van der Waals surface area contributed by atoms with Gasteiger partial charge in [-0.3, -0.25) is 9.36 Å². The summed E-state index contributed by atoms with van der Waals surface area (Å²) in [6.07, 6.45) is 0. The molecule has 0 radical (unpaired) electrons. The third-order valence-corrected chi connectivity index (χ3v) is 4.77. The molecule has 0 fully saturated rings. The third kappa shape index (κ3) is 4.39. The van der Waals surface area contributed by atoms with Crippen molar-refractivity contribution in [3.63, 3.8) is 0 Å². The first-order chi connectivity index (χ1) is 11.7. The Bertz CT molecular complexity index is 864. The highest BCUT2D eigenvalue weighted by Crippen LogP contribution is 2.21. The highest BCUT2D eigenvalue weighted by atomic mass is 35.5. The molecule has 0 aliphatic rings. The van der Waals surface area contributed by atoms with E-state index in [0.717, 1.165) is 22.6 Å². The fourth-order valence-corrected chi connectivity index (χ4v) is 3.62. The van der Waals surface area contributed by atoms with Gasteiger partial charge in [0.2, 0.25) is 0 Å². The minimum atomic E-state index is -0.495. The van der Waals surface area contributed by atoms with Crippen LogP contribution in [0.1, 0.15) is 27.2 Å². The summed E-state index contributed by atoms with van der Waals surface area (Å²) in [5.41, 5.74) is 8.71. The first kappa shape index (κ1) is 19.4. The van der Waals surface area contributed by atoms with Crippen LogP contribution in [0.3, 0.4) is 0 Å². The zero-order chi connectivity index (χ0) is 18.7. The molecule has 0 spiro atoms. The number of methoxy groups -OCH3 is 1. The number of nitrogens with zero attached hydrogens (tertiary/aromatic N) is 1.